The van der Waals surface area contributed by atoms with Crippen LogP contribution >= 0.6 is 11.6 Å². The molecule has 0 saturated heterocycles. The highest BCUT2D eigenvalue weighted by atomic mass is 35.5. The average Bonchev–Trinajstić information content (AvgIpc) is 2.88. The lowest BCUT2D eigenvalue weighted by Gasteiger charge is -2.19. The second kappa shape index (κ2) is 14.3. The van der Waals surface area contributed by atoms with Crippen LogP contribution in [0.25, 0.3) is 0 Å². The molecule has 2 amide bonds. The molecule has 0 heterocycles. The smallest absolute Gasteiger partial charge is 0.345 e. The lowest BCUT2D eigenvalue weighted by atomic mass is 9.98. The van der Waals surface area contributed by atoms with E-state index in [-0.39, 0.29) is 30.3 Å². The van der Waals surface area contributed by atoms with Gasteiger partial charge in [-0.25, -0.2) is 0 Å². The molecule has 0 bridgehead atoms. The average molecular weight is 519 g/mol. The summed E-state index contributed by atoms with van der Waals surface area (Å²) in [7, 11) is 1.54. The summed E-state index contributed by atoms with van der Waals surface area (Å²) >= 11 is 5.36. The van der Waals surface area contributed by atoms with E-state index >= 15 is 0 Å². The van der Waals surface area contributed by atoms with E-state index in [0.29, 0.717) is 12.0 Å². The first kappa shape index (κ1) is 28.9. The lowest BCUT2D eigenvalue weighted by Crippen LogP contribution is -2.28. The molecule has 0 aromatic heterocycles. The van der Waals surface area contributed by atoms with Crippen LogP contribution < -0.4 is 5.32 Å². The summed E-state index contributed by atoms with van der Waals surface area (Å²) in [6.45, 7) is 2.25. The lowest BCUT2D eigenvalue weighted by molar-refractivity contribution is -0.137. The van der Waals surface area contributed by atoms with Crippen LogP contribution in [0.2, 0.25) is 0 Å². The van der Waals surface area contributed by atoms with Gasteiger partial charge in [-0.05, 0) is 35.2 Å². The molecule has 3 aromatic carbocycles. The van der Waals surface area contributed by atoms with Gasteiger partial charge in [0, 0.05) is 20.0 Å². The van der Waals surface area contributed by atoms with Gasteiger partial charge < -0.3 is 10.2 Å². The second-order valence-corrected chi connectivity index (χ2v) is 8.42. The van der Waals surface area contributed by atoms with Crippen LogP contribution in [0, 0.1) is 0 Å². The predicted octanol–water partition coefficient (Wildman–Crippen LogP) is 6.59. The zero-order valence-electron chi connectivity index (χ0n) is 20.3. The van der Waals surface area contributed by atoms with Crippen molar-refractivity contribution in [1.82, 2.24) is 10.2 Å². The van der Waals surface area contributed by atoms with Gasteiger partial charge in [0.2, 0.25) is 11.8 Å². The highest BCUT2D eigenvalue weighted by Crippen LogP contribution is 2.29. The van der Waals surface area contributed by atoms with Gasteiger partial charge in [-0.15, -0.1) is 11.6 Å². The minimum absolute atomic E-state index is 0.0681. The normalized spacial score (nSPS) is 10.9. The molecule has 3 rings (SSSR count). The third kappa shape index (κ3) is 9.38. The van der Waals surface area contributed by atoms with Gasteiger partial charge in [0.1, 0.15) is 5.88 Å². The number of rotatable bonds is 8. The summed E-state index contributed by atoms with van der Waals surface area (Å²) in [6.07, 6.45) is -2.91. The minimum atomic E-state index is -4.34. The summed E-state index contributed by atoms with van der Waals surface area (Å²) in [5.41, 5.74) is 2.14. The number of hydrogen-bond donors (Lipinski definition) is 1. The summed E-state index contributed by atoms with van der Waals surface area (Å²) < 4.78 is 36.8. The third-order valence-electron chi connectivity index (χ3n) is 5.29. The molecule has 8 heteroatoms. The Morgan fingerprint density at radius 2 is 1.39 bits per heavy atom. The third-order valence-corrected chi connectivity index (χ3v) is 5.52. The van der Waals surface area contributed by atoms with Gasteiger partial charge >= 0.3 is 6.18 Å². The summed E-state index contributed by atoms with van der Waals surface area (Å²) in [5, 5.41) is 3.11. The molecular weight excluding hydrogens is 489 g/mol. The maximum Gasteiger partial charge on any atom is 0.416 e. The number of amides is 2. The number of benzene rings is 3. The number of carbonyl (C=O) groups is 2. The molecule has 1 N–H and O–H groups in total. The molecule has 0 spiro atoms. The fourth-order valence-corrected chi connectivity index (χ4v) is 3.58. The summed E-state index contributed by atoms with van der Waals surface area (Å²) in [6, 6.07) is 24.8. The Labute approximate surface area is 215 Å². The zero-order valence-corrected chi connectivity index (χ0v) is 21.0. The Kier molecular flexibility index (Phi) is 11.5. The number of nitrogens with one attached hydrogen (secondary N) is 1. The fraction of sp³-hybridized carbons (Fsp3) is 0.286. The van der Waals surface area contributed by atoms with Crippen LogP contribution in [0.3, 0.4) is 0 Å². The zero-order chi connectivity index (χ0) is 26.6. The first-order valence-corrected chi connectivity index (χ1v) is 12.0. The molecule has 0 aliphatic carbocycles. The summed E-state index contributed by atoms with van der Waals surface area (Å²) in [5.74, 6) is -0.316. The van der Waals surface area contributed by atoms with Crippen LogP contribution in [0.1, 0.15) is 48.1 Å². The van der Waals surface area contributed by atoms with Gasteiger partial charge in [-0.3, -0.25) is 9.59 Å². The maximum absolute atomic E-state index is 12.3. The Morgan fingerprint density at radius 3 is 1.81 bits per heavy atom. The number of hydrogen-bond acceptors (Lipinski definition) is 2. The van der Waals surface area contributed by atoms with Gasteiger partial charge in [0.05, 0.1) is 11.6 Å². The monoisotopic (exact) mass is 518 g/mol. The van der Waals surface area contributed by atoms with Crippen LogP contribution in [0.4, 0.5) is 13.2 Å². The number of alkyl halides is 4. The Bertz CT molecular complexity index is 1040. The van der Waals surface area contributed by atoms with Crippen molar-refractivity contribution in [2.24, 2.45) is 0 Å². The largest absolute Gasteiger partial charge is 0.416 e. The van der Waals surface area contributed by atoms with Crippen LogP contribution in [0.5, 0.6) is 0 Å². The van der Waals surface area contributed by atoms with Crippen LogP contribution in [-0.4, -0.2) is 29.6 Å². The molecule has 0 aliphatic rings. The molecule has 0 fully saturated rings. The maximum atomic E-state index is 12.3. The summed E-state index contributed by atoms with van der Waals surface area (Å²) in [4.78, 5) is 24.4. The Morgan fingerprint density at radius 1 is 0.889 bits per heavy atom. The number of halogens is 4. The van der Waals surface area contributed by atoms with Crippen molar-refractivity contribution in [1.29, 1.82) is 0 Å². The van der Waals surface area contributed by atoms with E-state index in [2.05, 4.69) is 5.32 Å². The van der Waals surface area contributed by atoms with Gasteiger partial charge in [0.25, 0.3) is 0 Å². The van der Waals surface area contributed by atoms with Crippen molar-refractivity contribution in [2.75, 3.05) is 12.9 Å². The van der Waals surface area contributed by atoms with E-state index in [1.807, 2.05) is 67.6 Å². The topological polar surface area (TPSA) is 49.4 Å². The van der Waals surface area contributed by atoms with Crippen LogP contribution in [-0.2, 0) is 22.3 Å². The SMILES string of the molecule is CCCC(=O)NC(c1ccccc1)c1ccccc1.CN(Cc1ccc(C(F)(F)F)cc1)C(=O)CCl. The van der Waals surface area contributed by atoms with Gasteiger partial charge in [-0.2, -0.15) is 13.2 Å². The number of nitrogens with zero attached hydrogens (tertiary/aromatic N) is 1. The van der Waals surface area contributed by atoms with E-state index in [4.69, 9.17) is 11.6 Å². The highest BCUT2D eigenvalue weighted by molar-refractivity contribution is 6.27. The molecule has 3 aromatic rings. The highest BCUT2D eigenvalue weighted by Gasteiger charge is 2.30. The minimum Gasteiger partial charge on any atom is -0.345 e. The molecule has 0 radical (unpaired) electrons. The Balaban J connectivity index is 0.000000255. The van der Waals surface area contributed by atoms with Crippen molar-refractivity contribution in [3.63, 3.8) is 0 Å². The standard InChI is InChI=1S/C17H19NO.C11H11ClF3NO/c1-2-9-16(19)18-17(14-10-5-3-6-11-14)15-12-7-4-8-13-15;1-16(10(17)6-12)7-8-2-4-9(5-3-8)11(13,14)15/h3-8,10-13,17H,2,9H2,1H3,(H,18,19);2-5H,6-7H2,1H3. The Hall–Kier alpha value is -3.32. The van der Waals surface area contributed by atoms with Gasteiger partial charge in [0.15, 0.2) is 0 Å². The van der Waals surface area contributed by atoms with E-state index in [9.17, 15) is 22.8 Å². The van der Waals surface area contributed by atoms with Crippen LogP contribution in [0.15, 0.2) is 84.9 Å². The van der Waals surface area contributed by atoms with E-state index < -0.39 is 11.7 Å². The first-order valence-electron chi connectivity index (χ1n) is 11.5. The molecule has 0 unspecified atom stereocenters. The second-order valence-electron chi connectivity index (χ2n) is 8.15. The van der Waals surface area contributed by atoms with Crippen molar-refractivity contribution < 1.29 is 22.8 Å². The molecular formula is C28H30ClF3N2O2. The molecule has 0 aliphatic heterocycles. The van der Waals surface area contributed by atoms with Crippen molar-refractivity contribution in [3.8, 4) is 0 Å². The molecule has 4 nitrogen and oxygen atoms in total. The van der Waals surface area contributed by atoms with Gasteiger partial charge in [-0.1, -0.05) is 79.7 Å². The van der Waals surface area contributed by atoms with E-state index in [1.165, 1.54) is 17.0 Å². The molecule has 192 valence electrons. The molecule has 0 saturated carbocycles. The fourth-order valence-electron chi connectivity index (χ4n) is 3.37. The molecule has 36 heavy (non-hydrogen) atoms. The van der Waals surface area contributed by atoms with Crippen molar-refractivity contribution in [3.05, 3.63) is 107 Å². The quantitative estimate of drug-likeness (QED) is 0.342. The molecule has 0 atom stereocenters. The van der Waals surface area contributed by atoms with Crippen molar-refractivity contribution in [2.45, 2.75) is 38.5 Å². The number of carbonyl (C=O) groups excluding carboxylic acids is 2. The first-order chi connectivity index (χ1) is 17.2. The van der Waals surface area contributed by atoms with Crippen molar-refractivity contribution >= 4 is 23.4 Å². The predicted molar refractivity (Wildman–Crippen MR) is 136 cm³/mol. The van der Waals surface area contributed by atoms with E-state index in [0.717, 1.165) is 29.7 Å². The van der Waals surface area contributed by atoms with E-state index in [1.54, 1.807) is 7.05 Å².